The SMILES string of the molecule is C.CC(C)(C)OC(=O)C=CCC1CC1(F)F.CC(C)(C)OOC=P(c1ccccc1)(c1ccccc1)c1ccccc1.O=C(OCCC1CC1(F)F)c1ccccc1. The number of allylic oxidation sites excluding steroid dienone is 1. The molecule has 0 N–H and O–H groups in total. The Morgan fingerprint density at radius 1 is 0.672 bits per heavy atom. The molecule has 2 unspecified atom stereocenters. The van der Waals surface area contributed by atoms with Crippen LogP contribution in [0.15, 0.2) is 133 Å². The molecule has 314 valence electrons. The van der Waals surface area contributed by atoms with E-state index in [1.165, 1.54) is 28.1 Å². The minimum absolute atomic E-state index is 0. The van der Waals surface area contributed by atoms with Crippen molar-refractivity contribution >= 4 is 40.7 Å². The molecule has 0 bridgehead atoms. The first-order valence-corrected chi connectivity index (χ1v) is 20.8. The number of hydrogen-bond donors (Lipinski definition) is 0. The van der Waals surface area contributed by atoms with Gasteiger partial charge in [0.15, 0.2) is 0 Å². The Kier molecular flexibility index (Phi) is 17.3. The number of esters is 2. The van der Waals surface area contributed by atoms with E-state index in [1.807, 2.05) is 45.0 Å². The lowest BCUT2D eigenvalue weighted by Crippen LogP contribution is -2.28. The molecule has 2 saturated carbocycles. The highest BCUT2D eigenvalue weighted by atomic mass is 31.2. The summed E-state index contributed by atoms with van der Waals surface area (Å²) >= 11 is 0. The Bertz CT molecular complexity index is 1840. The lowest BCUT2D eigenvalue weighted by molar-refractivity contribution is -0.282. The summed E-state index contributed by atoms with van der Waals surface area (Å²) < 4.78 is 59.8. The number of halogens is 4. The molecular weight excluding hydrogens is 767 g/mol. The van der Waals surface area contributed by atoms with Crippen LogP contribution in [-0.4, -0.2) is 47.6 Å². The van der Waals surface area contributed by atoms with E-state index in [-0.39, 0.29) is 45.3 Å². The molecule has 11 heteroatoms. The number of alkyl halides is 4. The number of benzene rings is 4. The van der Waals surface area contributed by atoms with Gasteiger partial charge in [0.25, 0.3) is 11.8 Å². The molecule has 0 saturated heterocycles. The Morgan fingerprint density at radius 3 is 1.47 bits per heavy atom. The molecule has 2 aliphatic rings. The minimum atomic E-state index is -2.53. The third-order valence-electron chi connectivity index (χ3n) is 8.69. The fraction of sp³-hybridized carbons (Fsp3) is 0.383. The van der Waals surface area contributed by atoms with Crippen LogP contribution in [0.3, 0.4) is 0 Å². The summed E-state index contributed by atoms with van der Waals surface area (Å²) in [4.78, 5) is 33.9. The van der Waals surface area contributed by atoms with Crippen LogP contribution in [0, 0.1) is 11.8 Å². The molecule has 58 heavy (non-hydrogen) atoms. The Morgan fingerprint density at radius 2 is 1.09 bits per heavy atom. The fourth-order valence-electron chi connectivity index (χ4n) is 5.57. The van der Waals surface area contributed by atoms with Crippen molar-refractivity contribution in [2.45, 2.75) is 97.7 Å². The van der Waals surface area contributed by atoms with Crippen molar-refractivity contribution in [3.05, 3.63) is 139 Å². The lowest BCUT2D eigenvalue weighted by Gasteiger charge is -2.28. The molecule has 2 aliphatic carbocycles. The fourth-order valence-corrected chi connectivity index (χ4v) is 8.93. The van der Waals surface area contributed by atoms with Gasteiger partial charge in [0.2, 0.25) is 0 Å². The van der Waals surface area contributed by atoms with Crippen molar-refractivity contribution in [3.63, 3.8) is 0 Å². The van der Waals surface area contributed by atoms with Crippen LogP contribution in [-0.2, 0) is 24.0 Å². The zero-order valence-corrected chi connectivity index (χ0v) is 34.3. The molecule has 4 aromatic rings. The quantitative estimate of drug-likeness (QED) is 0.0354. The molecule has 2 fully saturated rings. The highest BCUT2D eigenvalue weighted by Crippen LogP contribution is 2.51. The van der Waals surface area contributed by atoms with Crippen molar-refractivity contribution in [1.29, 1.82) is 0 Å². The third-order valence-corrected chi connectivity index (χ3v) is 12.4. The van der Waals surface area contributed by atoms with Crippen molar-refractivity contribution in [2.24, 2.45) is 11.8 Å². The first-order chi connectivity index (χ1) is 26.8. The van der Waals surface area contributed by atoms with E-state index in [1.54, 1.807) is 51.1 Å². The average molecular weight is 825 g/mol. The predicted octanol–water partition coefficient (Wildman–Crippen LogP) is 10.9. The maximum Gasteiger partial charge on any atom is 0.338 e. The molecule has 0 radical (unpaired) electrons. The number of carbonyl (C=O) groups is 2. The van der Waals surface area contributed by atoms with Gasteiger partial charge in [-0.25, -0.2) is 36.9 Å². The molecule has 0 spiro atoms. The third kappa shape index (κ3) is 15.3. The van der Waals surface area contributed by atoms with Crippen LogP contribution in [0.1, 0.15) is 85.0 Å². The topological polar surface area (TPSA) is 71.1 Å². The van der Waals surface area contributed by atoms with Gasteiger partial charge in [-0.2, -0.15) is 0 Å². The van der Waals surface area contributed by atoms with Crippen LogP contribution in [0.4, 0.5) is 17.6 Å². The van der Waals surface area contributed by atoms with Gasteiger partial charge in [-0.3, -0.25) is 0 Å². The van der Waals surface area contributed by atoms with Crippen LogP contribution in [0.25, 0.3) is 0 Å². The summed E-state index contributed by atoms with van der Waals surface area (Å²) in [7, 11) is 0. The average Bonchev–Trinajstić information content (AvgIpc) is 4.00. The van der Waals surface area contributed by atoms with E-state index < -0.39 is 48.1 Å². The van der Waals surface area contributed by atoms with Gasteiger partial charge in [0.05, 0.1) is 23.8 Å². The van der Waals surface area contributed by atoms with Crippen LogP contribution in [0.2, 0.25) is 0 Å². The van der Waals surface area contributed by atoms with Crippen LogP contribution < -0.4 is 15.9 Å². The second-order valence-electron chi connectivity index (χ2n) is 15.9. The number of rotatable bonds is 12. The maximum absolute atomic E-state index is 12.5. The molecule has 0 aromatic heterocycles. The maximum atomic E-state index is 12.5. The highest BCUT2D eigenvalue weighted by molar-refractivity contribution is 7.94. The van der Waals surface area contributed by atoms with E-state index in [0.29, 0.717) is 5.56 Å². The highest BCUT2D eigenvalue weighted by Gasteiger charge is 2.56. The molecule has 4 aromatic carbocycles. The zero-order chi connectivity index (χ0) is 41.7. The molecule has 6 rings (SSSR count). The second-order valence-corrected chi connectivity index (χ2v) is 19.1. The Hall–Kier alpha value is -4.50. The number of carbonyl (C=O) groups excluding carboxylic acids is 2. The monoisotopic (exact) mass is 824 g/mol. The zero-order valence-electron chi connectivity index (χ0n) is 33.4. The van der Waals surface area contributed by atoms with Gasteiger partial charge in [-0.1, -0.05) is 123 Å². The first kappa shape index (κ1) is 47.9. The van der Waals surface area contributed by atoms with Gasteiger partial charge in [-0.05, 0) is 82.4 Å². The van der Waals surface area contributed by atoms with Crippen molar-refractivity contribution < 1.29 is 46.4 Å². The first-order valence-electron chi connectivity index (χ1n) is 18.9. The molecular formula is C47H57F4O6P. The second kappa shape index (κ2) is 21.0. The summed E-state index contributed by atoms with van der Waals surface area (Å²) in [5.74, 6) is -5.25. The van der Waals surface area contributed by atoms with Gasteiger partial charge in [-0.15, -0.1) is 0 Å². The number of ether oxygens (including phenoxy) is 2. The summed E-state index contributed by atoms with van der Waals surface area (Å²) in [6, 6.07) is 40.1. The Balaban J connectivity index is 0.000000244. The van der Waals surface area contributed by atoms with E-state index in [2.05, 4.69) is 72.8 Å². The predicted molar refractivity (Wildman–Crippen MR) is 227 cm³/mol. The van der Waals surface area contributed by atoms with Crippen molar-refractivity contribution in [3.8, 4) is 0 Å². The van der Waals surface area contributed by atoms with Gasteiger partial charge >= 0.3 is 11.9 Å². The summed E-state index contributed by atoms with van der Waals surface area (Å²) in [5.41, 5.74) is -0.466. The summed E-state index contributed by atoms with van der Waals surface area (Å²) in [5, 5.41) is 3.69. The van der Waals surface area contributed by atoms with E-state index >= 15 is 0 Å². The largest absolute Gasteiger partial charge is 0.462 e. The molecule has 2 atom stereocenters. The summed E-state index contributed by atoms with van der Waals surface area (Å²) in [6.07, 6.45) is 3.03. The molecule has 0 amide bonds. The van der Waals surface area contributed by atoms with Gasteiger partial charge < -0.3 is 9.47 Å². The lowest BCUT2D eigenvalue weighted by atomic mass is 10.2. The number of hydrogen-bond acceptors (Lipinski definition) is 6. The smallest absolute Gasteiger partial charge is 0.338 e. The van der Waals surface area contributed by atoms with Gasteiger partial charge in [0.1, 0.15) is 5.60 Å². The summed E-state index contributed by atoms with van der Waals surface area (Å²) in [6.45, 7) is 9.17. The molecule has 6 nitrogen and oxygen atoms in total. The van der Waals surface area contributed by atoms with Crippen molar-refractivity contribution in [1.82, 2.24) is 0 Å². The van der Waals surface area contributed by atoms with E-state index in [0.717, 1.165) is 0 Å². The van der Waals surface area contributed by atoms with Gasteiger partial charge in [0, 0.05) is 37.6 Å². The van der Waals surface area contributed by atoms with Crippen LogP contribution >= 0.6 is 6.89 Å². The van der Waals surface area contributed by atoms with E-state index in [4.69, 9.17) is 19.2 Å². The Labute approximate surface area is 341 Å². The standard InChI is InChI=1S/C23H25O2P.C12H12F2O2.C11H16F2O2.CH4/c1-23(2,3)25-24-19-26(20-13-7-4-8-14-20,21-15-9-5-10-16-21)22-17-11-6-12-18-22;13-12(14)8-10(12)6-7-16-11(15)9-4-2-1-3-5-9;1-10(2,3)15-9(14)6-4-5-8-7-11(8,12)13;/h4-19H,1-3H3;1-5,10H,6-8H2;4,6,8H,5,7H2,1-3H3;1H4. The van der Waals surface area contributed by atoms with Crippen molar-refractivity contribution in [2.75, 3.05) is 6.61 Å². The molecule has 0 heterocycles. The minimum Gasteiger partial charge on any atom is -0.462 e. The molecule has 0 aliphatic heterocycles. The normalized spacial score (nSPS) is 17.6. The van der Waals surface area contributed by atoms with Crippen LogP contribution in [0.5, 0.6) is 0 Å². The van der Waals surface area contributed by atoms with E-state index in [9.17, 15) is 27.2 Å².